The number of pyridine rings is 1. The van der Waals surface area contributed by atoms with E-state index in [0.717, 1.165) is 14.8 Å². The predicted molar refractivity (Wildman–Crippen MR) is 86.1 cm³/mol. The van der Waals surface area contributed by atoms with Crippen molar-refractivity contribution in [2.24, 2.45) is 0 Å². The lowest BCUT2D eigenvalue weighted by molar-refractivity contribution is 0.102. The summed E-state index contributed by atoms with van der Waals surface area (Å²) in [6.07, 6.45) is 1.36. The fraction of sp³-hybridized carbons (Fsp3) is 0.0769. The summed E-state index contributed by atoms with van der Waals surface area (Å²) in [5.41, 5.74) is 2.03. The van der Waals surface area contributed by atoms with Gasteiger partial charge in [0, 0.05) is 15.5 Å². The van der Waals surface area contributed by atoms with Gasteiger partial charge >= 0.3 is 0 Å². The molecule has 1 aromatic heterocycles. The molecule has 1 aromatic carbocycles. The predicted octanol–water partition coefficient (Wildman–Crippen LogP) is 4.55. The third-order valence-corrected chi connectivity index (χ3v) is 3.68. The van der Waals surface area contributed by atoms with Crippen LogP contribution in [-0.2, 0) is 0 Å². The summed E-state index contributed by atoms with van der Waals surface area (Å²) in [6.45, 7) is 1.93. The molecule has 1 N–H and O–H groups in total. The maximum Gasteiger partial charge on any atom is 0.257 e. The minimum Gasteiger partial charge on any atom is -0.322 e. The van der Waals surface area contributed by atoms with Crippen molar-refractivity contribution < 1.29 is 4.79 Å². The van der Waals surface area contributed by atoms with Crippen LogP contribution in [0.25, 0.3) is 0 Å². The number of halogens is 3. The van der Waals surface area contributed by atoms with Crippen molar-refractivity contribution in [1.29, 1.82) is 0 Å². The summed E-state index contributed by atoms with van der Waals surface area (Å²) in [5, 5.41) is 3.31. The number of rotatable bonds is 2. The molecule has 3 nitrogen and oxygen atoms in total. The molecule has 6 heteroatoms. The molecular formula is C13H9Cl2IN2O. The number of hydrogen-bond donors (Lipinski definition) is 1. The highest BCUT2D eigenvalue weighted by Crippen LogP contribution is 2.22. The van der Waals surface area contributed by atoms with Crippen molar-refractivity contribution in [3.8, 4) is 0 Å². The van der Waals surface area contributed by atoms with Crippen LogP contribution >= 0.6 is 45.8 Å². The van der Waals surface area contributed by atoms with E-state index in [4.69, 9.17) is 23.2 Å². The largest absolute Gasteiger partial charge is 0.322 e. The molecule has 1 amide bonds. The molecule has 0 bridgehead atoms. The first-order valence-electron chi connectivity index (χ1n) is 5.36. The fourth-order valence-electron chi connectivity index (χ4n) is 1.54. The van der Waals surface area contributed by atoms with E-state index in [0.29, 0.717) is 5.56 Å². The Kier molecular flexibility index (Phi) is 4.65. The summed E-state index contributed by atoms with van der Waals surface area (Å²) >= 11 is 13.9. The van der Waals surface area contributed by atoms with Gasteiger partial charge in [-0.3, -0.25) is 4.79 Å². The second-order valence-electron chi connectivity index (χ2n) is 3.90. The van der Waals surface area contributed by atoms with Crippen molar-refractivity contribution in [2.45, 2.75) is 6.92 Å². The first kappa shape index (κ1) is 14.6. The average molecular weight is 407 g/mol. The number of benzene rings is 1. The summed E-state index contributed by atoms with van der Waals surface area (Å²) in [7, 11) is 0. The third-order valence-electron chi connectivity index (χ3n) is 2.50. The minimum atomic E-state index is -0.307. The SMILES string of the molecule is Cc1cc(I)ccc1NC(=O)c1cc(Cl)ncc1Cl. The molecule has 0 radical (unpaired) electrons. The number of aryl methyl sites for hydroxylation is 1. The molecular weight excluding hydrogens is 398 g/mol. The van der Waals surface area contributed by atoms with Crippen molar-refractivity contribution in [3.05, 3.63) is 55.3 Å². The van der Waals surface area contributed by atoms with Gasteiger partial charge in [-0.2, -0.15) is 0 Å². The minimum absolute atomic E-state index is 0.230. The summed E-state index contributed by atoms with van der Waals surface area (Å²) in [4.78, 5) is 16.0. The molecule has 0 saturated heterocycles. The van der Waals surface area contributed by atoms with Gasteiger partial charge in [0.1, 0.15) is 5.15 Å². The van der Waals surface area contributed by atoms with Crippen LogP contribution in [0.5, 0.6) is 0 Å². The Bertz CT molecular complexity index is 647. The quantitative estimate of drug-likeness (QED) is 0.587. The number of carbonyl (C=O) groups is 1. The first-order valence-corrected chi connectivity index (χ1v) is 7.19. The van der Waals surface area contributed by atoms with Gasteiger partial charge in [0.05, 0.1) is 10.6 Å². The first-order chi connectivity index (χ1) is 8.97. The zero-order chi connectivity index (χ0) is 14.0. The van der Waals surface area contributed by atoms with Crippen LogP contribution in [0.15, 0.2) is 30.5 Å². The van der Waals surface area contributed by atoms with Crippen molar-refractivity contribution in [3.63, 3.8) is 0 Å². The average Bonchev–Trinajstić information content (AvgIpc) is 2.35. The van der Waals surface area contributed by atoms with Crippen LogP contribution in [-0.4, -0.2) is 10.9 Å². The van der Waals surface area contributed by atoms with Gasteiger partial charge in [0.2, 0.25) is 0 Å². The van der Waals surface area contributed by atoms with Crippen LogP contribution in [0.4, 0.5) is 5.69 Å². The standard InChI is InChI=1S/C13H9Cl2IN2O/c1-7-4-8(16)2-3-11(7)18-13(19)9-5-12(15)17-6-10(9)14/h2-6H,1H3,(H,18,19). The molecule has 0 unspecified atom stereocenters. The fourth-order valence-corrected chi connectivity index (χ4v) is 2.54. The Morgan fingerprint density at radius 2 is 2.05 bits per heavy atom. The van der Waals surface area contributed by atoms with E-state index < -0.39 is 0 Å². The van der Waals surface area contributed by atoms with E-state index in [9.17, 15) is 4.79 Å². The van der Waals surface area contributed by atoms with E-state index in [1.165, 1.54) is 12.3 Å². The topological polar surface area (TPSA) is 42.0 Å². The highest BCUT2D eigenvalue weighted by molar-refractivity contribution is 14.1. The van der Waals surface area contributed by atoms with E-state index >= 15 is 0 Å². The molecule has 98 valence electrons. The number of anilines is 1. The third kappa shape index (κ3) is 3.58. The molecule has 0 fully saturated rings. The van der Waals surface area contributed by atoms with Gasteiger partial charge in [-0.25, -0.2) is 4.98 Å². The maximum absolute atomic E-state index is 12.1. The highest BCUT2D eigenvalue weighted by atomic mass is 127. The van der Waals surface area contributed by atoms with E-state index in [1.54, 1.807) is 0 Å². The van der Waals surface area contributed by atoms with Crippen LogP contribution in [0.1, 0.15) is 15.9 Å². The molecule has 0 spiro atoms. The number of hydrogen-bond acceptors (Lipinski definition) is 2. The van der Waals surface area contributed by atoms with Gasteiger partial charge in [0.15, 0.2) is 0 Å². The van der Waals surface area contributed by atoms with Gasteiger partial charge in [-0.05, 0) is 59.3 Å². The molecule has 19 heavy (non-hydrogen) atoms. The van der Waals surface area contributed by atoms with E-state index in [1.807, 2.05) is 25.1 Å². The molecule has 0 saturated carbocycles. The molecule has 0 aliphatic rings. The Morgan fingerprint density at radius 1 is 1.32 bits per heavy atom. The Balaban J connectivity index is 2.28. The van der Waals surface area contributed by atoms with Crippen molar-refractivity contribution >= 4 is 57.4 Å². The second-order valence-corrected chi connectivity index (χ2v) is 5.94. The van der Waals surface area contributed by atoms with Crippen LogP contribution in [0.3, 0.4) is 0 Å². The lowest BCUT2D eigenvalue weighted by Crippen LogP contribution is -2.13. The summed E-state index contributed by atoms with van der Waals surface area (Å²) in [5.74, 6) is -0.307. The van der Waals surface area contributed by atoms with Gasteiger partial charge in [0.25, 0.3) is 5.91 Å². The van der Waals surface area contributed by atoms with E-state index in [2.05, 4.69) is 32.9 Å². The van der Waals surface area contributed by atoms with Crippen molar-refractivity contribution in [2.75, 3.05) is 5.32 Å². The number of carbonyl (C=O) groups excluding carboxylic acids is 1. The zero-order valence-corrected chi connectivity index (χ0v) is 13.5. The smallest absolute Gasteiger partial charge is 0.257 e. The maximum atomic E-state index is 12.1. The normalized spacial score (nSPS) is 10.3. The zero-order valence-electron chi connectivity index (χ0n) is 9.88. The van der Waals surface area contributed by atoms with Crippen molar-refractivity contribution in [1.82, 2.24) is 4.98 Å². The molecule has 0 aliphatic heterocycles. The number of amides is 1. The van der Waals surface area contributed by atoms with Crippen LogP contribution in [0.2, 0.25) is 10.2 Å². The molecule has 2 aromatic rings. The van der Waals surface area contributed by atoms with Gasteiger partial charge in [-0.15, -0.1) is 0 Å². The van der Waals surface area contributed by atoms with Gasteiger partial charge < -0.3 is 5.32 Å². The lowest BCUT2D eigenvalue weighted by atomic mass is 10.2. The van der Waals surface area contributed by atoms with Gasteiger partial charge in [-0.1, -0.05) is 23.2 Å². The number of aromatic nitrogens is 1. The lowest BCUT2D eigenvalue weighted by Gasteiger charge is -2.09. The highest BCUT2D eigenvalue weighted by Gasteiger charge is 2.13. The molecule has 2 rings (SSSR count). The molecule has 0 atom stereocenters. The summed E-state index contributed by atoms with van der Waals surface area (Å²) < 4.78 is 1.11. The van der Waals surface area contributed by atoms with Crippen LogP contribution < -0.4 is 5.32 Å². The van der Waals surface area contributed by atoms with E-state index in [-0.39, 0.29) is 16.1 Å². The number of nitrogens with zero attached hydrogens (tertiary/aromatic N) is 1. The number of nitrogens with one attached hydrogen (secondary N) is 1. The molecule has 1 heterocycles. The monoisotopic (exact) mass is 406 g/mol. The molecule has 0 aliphatic carbocycles. The second kappa shape index (κ2) is 6.07. The Labute approximate surface area is 134 Å². The Morgan fingerprint density at radius 3 is 2.74 bits per heavy atom. The van der Waals surface area contributed by atoms with Crippen LogP contribution in [0, 0.1) is 10.5 Å². The summed E-state index contributed by atoms with van der Waals surface area (Å²) in [6, 6.07) is 7.20. The Hall–Kier alpha value is -0.850.